The zero-order valence-electron chi connectivity index (χ0n) is 15.0. The normalized spacial score (nSPS) is 12.1. The predicted molar refractivity (Wildman–Crippen MR) is 104 cm³/mol. The Kier molecular flexibility index (Phi) is 5.29. The highest BCUT2D eigenvalue weighted by atomic mass is 32.1. The molecule has 0 spiro atoms. The van der Waals surface area contributed by atoms with Crippen molar-refractivity contribution in [1.29, 1.82) is 0 Å². The first-order valence-electron chi connectivity index (χ1n) is 8.83. The first-order chi connectivity index (χ1) is 13.7. The molecule has 8 heteroatoms. The van der Waals surface area contributed by atoms with Gasteiger partial charge in [0.05, 0.1) is 6.61 Å². The molecule has 0 saturated heterocycles. The van der Waals surface area contributed by atoms with E-state index in [-0.39, 0.29) is 23.2 Å². The molecule has 1 aromatic carbocycles. The maximum absolute atomic E-state index is 12.4. The van der Waals surface area contributed by atoms with Gasteiger partial charge in [-0.25, -0.2) is 9.97 Å². The smallest absolute Gasteiger partial charge is 0.270 e. The van der Waals surface area contributed by atoms with Gasteiger partial charge in [-0.1, -0.05) is 12.1 Å². The van der Waals surface area contributed by atoms with Crippen molar-refractivity contribution in [3.63, 3.8) is 0 Å². The molecule has 28 heavy (non-hydrogen) atoms. The summed E-state index contributed by atoms with van der Waals surface area (Å²) < 4.78 is 5.49. The average molecular weight is 394 g/mol. The van der Waals surface area contributed by atoms with Crippen molar-refractivity contribution in [3.05, 3.63) is 75.5 Å². The Morgan fingerprint density at radius 3 is 2.46 bits per heavy atom. The zero-order chi connectivity index (χ0) is 19.3. The first kappa shape index (κ1) is 18.1. The Morgan fingerprint density at radius 2 is 1.75 bits per heavy atom. The molecule has 142 valence electrons. The zero-order valence-corrected chi connectivity index (χ0v) is 15.8. The van der Waals surface area contributed by atoms with E-state index < -0.39 is 0 Å². The molecule has 1 aliphatic rings. The van der Waals surface area contributed by atoms with Crippen LogP contribution in [0.15, 0.2) is 47.4 Å². The standard InChI is InChI=1S/C20H18N4O3S/c25-19(21-9-13-1-2-18-15(7-13)3-5-27-18)16-8-17(24-12-23-16)20(26)22-10-14-4-6-28-11-14/h1-2,4,6-8,11-12H,3,5,9-10H2,(H,21,25)(H,22,26). The number of nitrogens with zero attached hydrogens (tertiary/aromatic N) is 2. The van der Waals surface area contributed by atoms with Crippen LogP contribution >= 0.6 is 11.3 Å². The molecule has 2 N–H and O–H groups in total. The predicted octanol–water partition coefficient (Wildman–Crippen LogP) is 2.33. The van der Waals surface area contributed by atoms with E-state index in [4.69, 9.17) is 4.74 Å². The number of carbonyl (C=O) groups is 2. The molecule has 0 bridgehead atoms. The molecule has 0 unspecified atom stereocenters. The van der Waals surface area contributed by atoms with Crippen LogP contribution in [0.2, 0.25) is 0 Å². The lowest BCUT2D eigenvalue weighted by Crippen LogP contribution is -2.27. The molecule has 3 aromatic rings. The highest BCUT2D eigenvalue weighted by Crippen LogP contribution is 2.25. The van der Waals surface area contributed by atoms with Crippen LogP contribution in [-0.4, -0.2) is 28.4 Å². The Balaban J connectivity index is 1.36. The summed E-state index contributed by atoms with van der Waals surface area (Å²) in [6, 6.07) is 9.22. The molecule has 0 saturated carbocycles. The third-order valence-electron chi connectivity index (χ3n) is 4.37. The number of benzene rings is 1. The van der Waals surface area contributed by atoms with Gasteiger partial charge in [0, 0.05) is 25.6 Å². The van der Waals surface area contributed by atoms with Crippen molar-refractivity contribution in [1.82, 2.24) is 20.6 Å². The molecule has 4 rings (SSSR count). The molecule has 0 aliphatic carbocycles. The van der Waals surface area contributed by atoms with Crippen molar-refractivity contribution < 1.29 is 14.3 Å². The topological polar surface area (TPSA) is 93.2 Å². The molecular formula is C20H18N4O3S. The SMILES string of the molecule is O=C(NCc1ccsc1)c1cc(C(=O)NCc2ccc3c(c2)CCO3)ncn1. The van der Waals surface area contributed by atoms with E-state index in [9.17, 15) is 9.59 Å². The maximum atomic E-state index is 12.4. The summed E-state index contributed by atoms with van der Waals surface area (Å²) in [5.41, 5.74) is 3.47. The van der Waals surface area contributed by atoms with E-state index in [0.717, 1.165) is 28.9 Å². The minimum atomic E-state index is -0.356. The summed E-state index contributed by atoms with van der Waals surface area (Å²) in [4.78, 5) is 32.6. The summed E-state index contributed by atoms with van der Waals surface area (Å²) in [6.45, 7) is 1.48. The Labute approximate surface area is 165 Å². The van der Waals surface area contributed by atoms with Crippen molar-refractivity contribution in [2.24, 2.45) is 0 Å². The van der Waals surface area contributed by atoms with Gasteiger partial charge in [-0.3, -0.25) is 9.59 Å². The number of carbonyl (C=O) groups excluding carboxylic acids is 2. The van der Waals surface area contributed by atoms with Crippen LogP contribution in [-0.2, 0) is 19.5 Å². The second kappa shape index (κ2) is 8.18. The lowest BCUT2D eigenvalue weighted by atomic mass is 10.1. The summed E-state index contributed by atoms with van der Waals surface area (Å²) in [5, 5.41) is 9.52. The molecule has 0 radical (unpaired) electrons. The second-order valence-corrected chi connectivity index (χ2v) is 7.11. The van der Waals surface area contributed by atoms with Gasteiger partial charge in [0.15, 0.2) is 0 Å². The highest BCUT2D eigenvalue weighted by molar-refractivity contribution is 7.07. The van der Waals surface area contributed by atoms with Crippen LogP contribution in [0.3, 0.4) is 0 Å². The molecule has 2 amide bonds. The number of thiophene rings is 1. The van der Waals surface area contributed by atoms with Gasteiger partial charge in [-0.2, -0.15) is 11.3 Å². The lowest BCUT2D eigenvalue weighted by molar-refractivity contribution is 0.0944. The van der Waals surface area contributed by atoms with Gasteiger partial charge >= 0.3 is 0 Å². The highest BCUT2D eigenvalue weighted by Gasteiger charge is 2.15. The molecule has 2 aromatic heterocycles. The van der Waals surface area contributed by atoms with Crippen molar-refractivity contribution >= 4 is 23.2 Å². The van der Waals surface area contributed by atoms with Gasteiger partial charge in [0.2, 0.25) is 0 Å². The Morgan fingerprint density at radius 1 is 1.00 bits per heavy atom. The first-order valence-corrected chi connectivity index (χ1v) is 9.77. The molecular weight excluding hydrogens is 376 g/mol. The number of nitrogens with one attached hydrogen (secondary N) is 2. The van der Waals surface area contributed by atoms with E-state index in [2.05, 4.69) is 20.6 Å². The fourth-order valence-corrected chi connectivity index (χ4v) is 3.56. The lowest BCUT2D eigenvalue weighted by Gasteiger charge is -2.08. The van der Waals surface area contributed by atoms with Gasteiger partial charge in [0.1, 0.15) is 23.5 Å². The monoisotopic (exact) mass is 394 g/mol. The van der Waals surface area contributed by atoms with E-state index in [1.54, 1.807) is 11.3 Å². The minimum Gasteiger partial charge on any atom is -0.493 e. The summed E-state index contributed by atoms with van der Waals surface area (Å²) in [7, 11) is 0. The third kappa shape index (κ3) is 4.17. The quantitative estimate of drug-likeness (QED) is 0.669. The van der Waals surface area contributed by atoms with Crippen molar-refractivity contribution in [2.75, 3.05) is 6.61 Å². The van der Waals surface area contributed by atoms with Gasteiger partial charge in [-0.05, 0) is 39.6 Å². The summed E-state index contributed by atoms with van der Waals surface area (Å²) in [6.07, 6.45) is 2.11. The average Bonchev–Trinajstić information content (AvgIpc) is 3.41. The third-order valence-corrected chi connectivity index (χ3v) is 5.10. The van der Waals surface area contributed by atoms with E-state index in [1.165, 1.54) is 12.4 Å². The van der Waals surface area contributed by atoms with E-state index in [0.29, 0.717) is 19.7 Å². The minimum absolute atomic E-state index is 0.153. The summed E-state index contributed by atoms with van der Waals surface area (Å²) in [5.74, 6) is 0.205. The van der Waals surface area contributed by atoms with Crippen LogP contribution in [0.1, 0.15) is 37.7 Å². The number of aromatic nitrogens is 2. The van der Waals surface area contributed by atoms with Crippen LogP contribution < -0.4 is 15.4 Å². The number of rotatable bonds is 6. The number of hydrogen-bond donors (Lipinski definition) is 2. The molecule has 0 fully saturated rings. The molecule has 1 aliphatic heterocycles. The number of hydrogen-bond acceptors (Lipinski definition) is 6. The van der Waals surface area contributed by atoms with E-state index in [1.807, 2.05) is 35.0 Å². The number of amides is 2. The van der Waals surface area contributed by atoms with Crippen LogP contribution in [0.4, 0.5) is 0 Å². The van der Waals surface area contributed by atoms with Gasteiger partial charge in [0.25, 0.3) is 11.8 Å². The molecule has 0 atom stereocenters. The van der Waals surface area contributed by atoms with Crippen LogP contribution in [0.5, 0.6) is 5.75 Å². The van der Waals surface area contributed by atoms with Crippen molar-refractivity contribution in [2.45, 2.75) is 19.5 Å². The fourth-order valence-electron chi connectivity index (χ4n) is 2.89. The largest absolute Gasteiger partial charge is 0.493 e. The Hall–Kier alpha value is -3.26. The Bertz CT molecular complexity index is 1000. The molecule has 7 nitrogen and oxygen atoms in total. The summed E-state index contributed by atoms with van der Waals surface area (Å²) >= 11 is 1.57. The molecule has 3 heterocycles. The van der Waals surface area contributed by atoms with Crippen LogP contribution in [0, 0.1) is 0 Å². The van der Waals surface area contributed by atoms with Crippen molar-refractivity contribution in [3.8, 4) is 5.75 Å². The number of fused-ring (bicyclic) bond motifs is 1. The van der Waals surface area contributed by atoms with Gasteiger partial charge in [-0.15, -0.1) is 0 Å². The van der Waals surface area contributed by atoms with E-state index >= 15 is 0 Å². The number of ether oxygens (including phenoxy) is 1. The maximum Gasteiger partial charge on any atom is 0.270 e. The fraction of sp³-hybridized carbons (Fsp3) is 0.200. The van der Waals surface area contributed by atoms with Crippen LogP contribution in [0.25, 0.3) is 0 Å². The van der Waals surface area contributed by atoms with Gasteiger partial charge < -0.3 is 15.4 Å². The second-order valence-electron chi connectivity index (χ2n) is 6.33.